The quantitative estimate of drug-likeness (QED) is 0.672. The third kappa shape index (κ3) is 2.56. The molecule has 2 N–H and O–H groups in total. The molecule has 28 heavy (non-hydrogen) atoms. The topological polar surface area (TPSA) is 67.2 Å². The molecule has 0 unspecified atom stereocenters. The highest BCUT2D eigenvalue weighted by Crippen LogP contribution is 2.57. The Morgan fingerprint density at radius 2 is 1.89 bits per heavy atom. The fourth-order valence-electron chi connectivity index (χ4n) is 3.92. The summed E-state index contributed by atoms with van der Waals surface area (Å²) in [6, 6.07) is 6.40. The molecule has 8 heteroatoms. The molecule has 1 aromatic heterocycles. The summed E-state index contributed by atoms with van der Waals surface area (Å²) < 4.78 is 42.4. The van der Waals surface area contributed by atoms with Crippen molar-refractivity contribution in [3.63, 3.8) is 0 Å². The van der Waals surface area contributed by atoms with Crippen LogP contribution in [0.5, 0.6) is 5.75 Å². The number of amides is 1. The molecule has 2 atom stereocenters. The Balaban J connectivity index is 1.57. The molecule has 1 fully saturated rings. The standard InChI is InChI=1S/C20H14F3N3O2/c21-10-1-3-16(14(23)7-10)26-19-12-5-9(12)6-13(19)18(25-26)20(28)24-15-8-11(22)2-4-17(15)27/h1-4,7-9,12,27H,5-6H2,(H,24,28)/t9-,12-/m1/s1. The number of phenols is 1. The molecule has 3 aromatic rings. The molecule has 5 nitrogen and oxygen atoms in total. The molecule has 142 valence electrons. The van der Waals surface area contributed by atoms with Crippen LogP contribution in [0, 0.1) is 23.4 Å². The SMILES string of the molecule is O=C(Nc1cc(F)ccc1O)c1nn(-c2ccc(F)cc2F)c2c1C[C@H]1C[C@@H]21. The van der Waals surface area contributed by atoms with Gasteiger partial charge in [0.15, 0.2) is 11.5 Å². The van der Waals surface area contributed by atoms with E-state index in [9.17, 15) is 23.1 Å². The van der Waals surface area contributed by atoms with E-state index >= 15 is 0 Å². The Morgan fingerprint density at radius 3 is 2.68 bits per heavy atom. The number of hydrogen-bond acceptors (Lipinski definition) is 3. The Labute approximate surface area is 157 Å². The van der Waals surface area contributed by atoms with Crippen molar-refractivity contribution in [3.8, 4) is 11.4 Å². The zero-order valence-electron chi connectivity index (χ0n) is 14.4. The zero-order valence-corrected chi connectivity index (χ0v) is 14.4. The van der Waals surface area contributed by atoms with Gasteiger partial charge in [-0.25, -0.2) is 17.9 Å². The van der Waals surface area contributed by atoms with E-state index in [0.29, 0.717) is 17.9 Å². The van der Waals surface area contributed by atoms with Crippen molar-refractivity contribution >= 4 is 11.6 Å². The van der Waals surface area contributed by atoms with Gasteiger partial charge < -0.3 is 10.4 Å². The number of halogens is 3. The number of carbonyl (C=O) groups is 1. The summed E-state index contributed by atoms with van der Waals surface area (Å²) in [6.45, 7) is 0. The van der Waals surface area contributed by atoms with Gasteiger partial charge in [0.05, 0.1) is 11.4 Å². The number of fused-ring (bicyclic) bond motifs is 3. The molecule has 2 aliphatic rings. The number of phenolic OH excluding ortho intramolecular Hbond substituents is 1. The number of aromatic nitrogens is 2. The summed E-state index contributed by atoms with van der Waals surface area (Å²) >= 11 is 0. The maximum Gasteiger partial charge on any atom is 0.276 e. The number of nitrogens with one attached hydrogen (secondary N) is 1. The van der Waals surface area contributed by atoms with Crippen LogP contribution in [0.4, 0.5) is 18.9 Å². The molecule has 0 spiro atoms. The average molecular weight is 385 g/mol. The fraction of sp³-hybridized carbons (Fsp3) is 0.200. The van der Waals surface area contributed by atoms with Crippen LogP contribution in [0.15, 0.2) is 36.4 Å². The molecule has 0 aliphatic heterocycles. The predicted molar refractivity (Wildman–Crippen MR) is 94.0 cm³/mol. The lowest BCUT2D eigenvalue weighted by Gasteiger charge is -2.08. The monoisotopic (exact) mass is 385 g/mol. The van der Waals surface area contributed by atoms with E-state index in [2.05, 4.69) is 10.4 Å². The van der Waals surface area contributed by atoms with E-state index in [4.69, 9.17) is 0 Å². The van der Waals surface area contributed by atoms with E-state index in [1.165, 1.54) is 10.7 Å². The summed E-state index contributed by atoms with van der Waals surface area (Å²) in [7, 11) is 0. The van der Waals surface area contributed by atoms with Crippen LogP contribution in [-0.2, 0) is 6.42 Å². The van der Waals surface area contributed by atoms with Gasteiger partial charge in [-0.2, -0.15) is 5.10 Å². The van der Waals surface area contributed by atoms with Crippen molar-refractivity contribution in [2.24, 2.45) is 5.92 Å². The fourth-order valence-corrected chi connectivity index (χ4v) is 3.92. The van der Waals surface area contributed by atoms with E-state index in [1.807, 2.05) is 0 Å². The van der Waals surface area contributed by atoms with Gasteiger partial charge in [-0.3, -0.25) is 4.79 Å². The van der Waals surface area contributed by atoms with E-state index in [0.717, 1.165) is 42.4 Å². The Bertz CT molecular complexity index is 1140. The summed E-state index contributed by atoms with van der Waals surface area (Å²) in [4.78, 5) is 12.8. The second kappa shape index (κ2) is 5.85. The average Bonchev–Trinajstić information content (AvgIpc) is 3.15. The first kappa shape index (κ1) is 16.9. The second-order valence-electron chi connectivity index (χ2n) is 7.14. The third-order valence-electron chi connectivity index (χ3n) is 5.32. The number of aromatic hydroxyl groups is 1. The summed E-state index contributed by atoms with van der Waals surface area (Å²) in [5.41, 5.74) is 1.54. The van der Waals surface area contributed by atoms with E-state index < -0.39 is 23.4 Å². The van der Waals surface area contributed by atoms with Gasteiger partial charge in [0.25, 0.3) is 5.91 Å². The van der Waals surface area contributed by atoms with Gasteiger partial charge in [-0.1, -0.05) is 0 Å². The van der Waals surface area contributed by atoms with Crippen LogP contribution in [0.25, 0.3) is 5.69 Å². The summed E-state index contributed by atoms with van der Waals surface area (Å²) in [6.07, 6.45) is 1.58. The number of hydrogen-bond donors (Lipinski definition) is 2. The molecular weight excluding hydrogens is 371 g/mol. The molecule has 2 aromatic carbocycles. The van der Waals surface area contributed by atoms with Crippen molar-refractivity contribution < 1.29 is 23.1 Å². The molecule has 0 bridgehead atoms. The summed E-state index contributed by atoms with van der Waals surface area (Å²) in [5.74, 6) is -2.41. The molecule has 1 amide bonds. The normalized spacial score (nSPS) is 19.2. The van der Waals surface area contributed by atoms with Gasteiger partial charge in [0.2, 0.25) is 0 Å². The smallest absolute Gasteiger partial charge is 0.276 e. The number of carbonyl (C=O) groups excluding carboxylic acids is 1. The van der Waals surface area contributed by atoms with Crippen molar-refractivity contribution in [2.45, 2.75) is 18.8 Å². The lowest BCUT2D eigenvalue weighted by molar-refractivity contribution is 0.102. The van der Waals surface area contributed by atoms with Gasteiger partial charge >= 0.3 is 0 Å². The molecular formula is C20H14F3N3O2. The molecule has 2 aliphatic carbocycles. The Hall–Kier alpha value is -3.29. The van der Waals surface area contributed by atoms with Gasteiger partial charge in [-0.05, 0) is 43.0 Å². The number of nitrogens with zero attached hydrogens (tertiary/aromatic N) is 2. The highest BCUT2D eigenvalue weighted by Gasteiger charge is 2.50. The minimum atomic E-state index is -0.774. The van der Waals surface area contributed by atoms with E-state index in [-0.39, 0.29) is 28.7 Å². The van der Waals surface area contributed by atoms with Crippen LogP contribution in [0.1, 0.15) is 34.1 Å². The highest BCUT2D eigenvalue weighted by atomic mass is 19.1. The lowest BCUT2D eigenvalue weighted by Crippen LogP contribution is -2.15. The minimum absolute atomic E-state index is 0.0675. The second-order valence-corrected chi connectivity index (χ2v) is 7.14. The molecule has 0 radical (unpaired) electrons. The van der Waals surface area contributed by atoms with Crippen LogP contribution in [-0.4, -0.2) is 20.8 Å². The van der Waals surface area contributed by atoms with Crippen molar-refractivity contribution in [2.75, 3.05) is 5.32 Å². The van der Waals surface area contributed by atoms with Gasteiger partial charge in [-0.15, -0.1) is 0 Å². The molecule has 0 saturated heterocycles. The zero-order chi connectivity index (χ0) is 19.6. The first-order chi connectivity index (χ1) is 13.4. The van der Waals surface area contributed by atoms with Gasteiger partial charge in [0, 0.05) is 23.6 Å². The minimum Gasteiger partial charge on any atom is -0.506 e. The summed E-state index contributed by atoms with van der Waals surface area (Å²) in [5, 5.41) is 16.6. The van der Waals surface area contributed by atoms with Crippen molar-refractivity contribution in [3.05, 3.63) is 70.8 Å². The molecule has 5 rings (SSSR count). The Kier molecular flexibility index (Phi) is 3.52. The van der Waals surface area contributed by atoms with Crippen LogP contribution < -0.4 is 5.32 Å². The van der Waals surface area contributed by atoms with E-state index in [1.54, 1.807) is 0 Å². The van der Waals surface area contributed by atoms with Crippen LogP contribution >= 0.6 is 0 Å². The number of benzene rings is 2. The van der Waals surface area contributed by atoms with Crippen LogP contribution in [0.2, 0.25) is 0 Å². The largest absolute Gasteiger partial charge is 0.506 e. The number of rotatable bonds is 3. The van der Waals surface area contributed by atoms with Crippen LogP contribution in [0.3, 0.4) is 0 Å². The molecule has 1 saturated carbocycles. The van der Waals surface area contributed by atoms with Crippen molar-refractivity contribution in [1.82, 2.24) is 9.78 Å². The first-order valence-corrected chi connectivity index (χ1v) is 8.79. The number of anilines is 1. The lowest BCUT2D eigenvalue weighted by atomic mass is 10.1. The highest BCUT2D eigenvalue weighted by molar-refractivity contribution is 6.05. The maximum atomic E-state index is 14.3. The predicted octanol–water partition coefficient (Wildman–Crippen LogP) is 3.91. The third-order valence-corrected chi connectivity index (χ3v) is 5.32. The Morgan fingerprint density at radius 1 is 1.14 bits per heavy atom. The van der Waals surface area contributed by atoms with Gasteiger partial charge in [0.1, 0.15) is 23.1 Å². The first-order valence-electron chi connectivity index (χ1n) is 8.79. The van der Waals surface area contributed by atoms with Crippen molar-refractivity contribution in [1.29, 1.82) is 0 Å². The molecule has 1 heterocycles. The maximum absolute atomic E-state index is 14.3.